The van der Waals surface area contributed by atoms with Crippen molar-refractivity contribution in [1.82, 2.24) is 5.32 Å². The van der Waals surface area contributed by atoms with Gasteiger partial charge in [-0.15, -0.1) is 0 Å². The maximum atomic E-state index is 6.13. The molecule has 2 nitrogen and oxygen atoms in total. The quantitative estimate of drug-likeness (QED) is 0.888. The molecule has 1 N–H and O–H groups in total. The van der Waals surface area contributed by atoms with Crippen LogP contribution < -0.4 is 5.32 Å². The van der Waals surface area contributed by atoms with Gasteiger partial charge in [-0.1, -0.05) is 29.8 Å². The molecule has 0 unspecified atom stereocenters. The van der Waals surface area contributed by atoms with E-state index in [1.165, 1.54) is 18.4 Å². The fourth-order valence-electron chi connectivity index (χ4n) is 2.40. The van der Waals surface area contributed by atoms with E-state index in [0.717, 1.165) is 24.4 Å². The zero-order chi connectivity index (χ0) is 12.1. The van der Waals surface area contributed by atoms with E-state index in [0.29, 0.717) is 12.1 Å². The molecule has 1 aromatic carbocycles. The van der Waals surface area contributed by atoms with Gasteiger partial charge in [-0.25, -0.2) is 0 Å². The molecule has 1 aliphatic carbocycles. The minimum Gasteiger partial charge on any atom is -0.381 e. The molecule has 2 rings (SSSR count). The van der Waals surface area contributed by atoms with Gasteiger partial charge in [0.25, 0.3) is 0 Å². The van der Waals surface area contributed by atoms with Crippen LogP contribution in [-0.2, 0) is 11.3 Å². The van der Waals surface area contributed by atoms with E-state index in [1.807, 2.05) is 25.3 Å². The third kappa shape index (κ3) is 3.70. The molecule has 1 saturated carbocycles. The zero-order valence-corrected chi connectivity index (χ0v) is 11.0. The Labute approximate surface area is 108 Å². The van der Waals surface area contributed by atoms with Gasteiger partial charge in [-0.2, -0.15) is 0 Å². The van der Waals surface area contributed by atoms with E-state index in [-0.39, 0.29) is 0 Å². The maximum absolute atomic E-state index is 6.13. The molecule has 94 valence electrons. The van der Waals surface area contributed by atoms with Crippen LogP contribution in [0.3, 0.4) is 0 Å². The molecule has 17 heavy (non-hydrogen) atoms. The molecule has 0 bridgehead atoms. The number of nitrogens with one attached hydrogen (secondary N) is 1. The first kappa shape index (κ1) is 12.9. The minimum absolute atomic E-state index is 0.466. The molecule has 3 heteroatoms. The molecule has 0 radical (unpaired) electrons. The highest BCUT2D eigenvalue weighted by atomic mass is 35.5. The van der Waals surface area contributed by atoms with Crippen LogP contribution in [0, 0.1) is 0 Å². The van der Waals surface area contributed by atoms with Crippen LogP contribution in [0.1, 0.15) is 31.2 Å². The molecule has 1 aromatic rings. The van der Waals surface area contributed by atoms with E-state index >= 15 is 0 Å². The molecule has 1 aliphatic rings. The van der Waals surface area contributed by atoms with Gasteiger partial charge in [0.1, 0.15) is 0 Å². The van der Waals surface area contributed by atoms with Crippen LogP contribution >= 0.6 is 11.6 Å². The summed E-state index contributed by atoms with van der Waals surface area (Å²) in [6.45, 7) is 0.863. The summed E-state index contributed by atoms with van der Waals surface area (Å²) in [7, 11) is 1.81. The minimum atomic E-state index is 0.466. The maximum Gasteiger partial charge on any atom is 0.0572 e. The van der Waals surface area contributed by atoms with Gasteiger partial charge in [0, 0.05) is 24.7 Å². The second-order valence-electron chi connectivity index (χ2n) is 4.68. The normalized spacial score (nSPS) is 24.8. The molecule has 0 saturated heterocycles. The fourth-order valence-corrected chi connectivity index (χ4v) is 2.60. The second-order valence-corrected chi connectivity index (χ2v) is 5.09. The molecule has 0 atom stereocenters. The lowest BCUT2D eigenvalue weighted by Crippen LogP contribution is -2.34. The monoisotopic (exact) mass is 253 g/mol. The summed E-state index contributed by atoms with van der Waals surface area (Å²) < 4.78 is 5.37. The summed E-state index contributed by atoms with van der Waals surface area (Å²) in [5, 5.41) is 4.44. The standard InChI is InChI=1S/C14H20ClNO/c1-17-13-8-6-12(7-9-13)16-10-11-4-2-3-5-14(11)15/h2-5,12-13,16H,6-10H2,1H3. The Balaban J connectivity index is 1.78. The highest BCUT2D eigenvalue weighted by molar-refractivity contribution is 6.31. The first-order valence-corrected chi connectivity index (χ1v) is 6.67. The Kier molecular flexibility index (Phi) is 4.84. The number of methoxy groups -OCH3 is 1. The number of ether oxygens (including phenoxy) is 1. The van der Waals surface area contributed by atoms with Crippen molar-refractivity contribution >= 4 is 11.6 Å². The summed E-state index contributed by atoms with van der Waals surface area (Å²) >= 11 is 6.13. The Bertz CT molecular complexity index is 348. The van der Waals surface area contributed by atoms with E-state index < -0.39 is 0 Å². The highest BCUT2D eigenvalue weighted by Gasteiger charge is 2.20. The lowest BCUT2D eigenvalue weighted by atomic mass is 9.93. The van der Waals surface area contributed by atoms with Gasteiger partial charge < -0.3 is 10.1 Å². The predicted octanol–water partition coefficient (Wildman–Crippen LogP) is 3.39. The van der Waals surface area contributed by atoms with Gasteiger partial charge >= 0.3 is 0 Å². The number of halogens is 1. The van der Waals surface area contributed by atoms with Crippen molar-refractivity contribution in [3.63, 3.8) is 0 Å². The molecule has 0 heterocycles. The van der Waals surface area contributed by atoms with Crippen LogP contribution in [0.2, 0.25) is 5.02 Å². The summed E-state index contributed by atoms with van der Waals surface area (Å²) in [5.41, 5.74) is 1.18. The van der Waals surface area contributed by atoms with Crippen LogP contribution in [-0.4, -0.2) is 19.3 Å². The lowest BCUT2D eigenvalue weighted by molar-refractivity contribution is 0.0624. The molecular weight excluding hydrogens is 234 g/mol. The van der Waals surface area contributed by atoms with Crippen molar-refractivity contribution in [3.8, 4) is 0 Å². The van der Waals surface area contributed by atoms with E-state index in [2.05, 4.69) is 11.4 Å². The largest absolute Gasteiger partial charge is 0.381 e. The van der Waals surface area contributed by atoms with E-state index in [4.69, 9.17) is 16.3 Å². The van der Waals surface area contributed by atoms with Gasteiger partial charge in [0.2, 0.25) is 0 Å². The Hall–Kier alpha value is -0.570. The van der Waals surface area contributed by atoms with E-state index in [1.54, 1.807) is 0 Å². The number of rotatable bonds is 4. The van der Waals surface area contributed by atoms with Crippen LogP contribution in [0.25, 0.3) is 0 Å². The SMILES string of the molecule is COC1CCC(NCc2ccccc2Cl)CC1. The number of hydrogen-bond donors (Lipinski definition) is 1. The van der Waals surface area contributed by atoms with Crippen molar-refractivity contribution in [2.75, 3.05) is 7.11 Å². The fraction of sp³-hybridized carbons (Fsp3) is 0.571. The summed E-state index contributed by atoms with van der Waals surface area (Å²) in [4.78, 5) is 0. The first-order valence-electron chi connectivity index (χ1n) is 6.29. The van der Waals surface area contributed by atoms with Gasteiger partial charge in [-0.05, 0) is 37.3 Å². The molecule has 0 aromatic heterocycles. The van der Waals surface area contributed by atoms with Gasteiger partial charge in [-0.3, -0.25) is 0 Å². The van der Waals surface area contributed by atoms with Crippen LogP contribution in [0.4, 0.5) is 0 Å². The molecule has 0 spiro atoms. The third-order valence-corrected chi connectivity index (χ3v) is 3.92. The Morgan fingerprint density at radius 2 is 1.94 bits per heavy atom. The molecule has 0 amide bonds. The summed E-state index contributed by atoms with van der Waals surface area (Å²) in [5.74, 6) is 0. The molecular formula is C14H20ClNO. The summed E-state index contributed by atoms with van der Waals surface area (Å²) in [6, 6.07) is 8.63. The van der Waals surface area contributed by atoms with Crippen molar-refractivity contribution in [2.45, 2.75) is 44.4 Å². The summed E-state index contributed by atoms with van der Waals surface area (Å²) in [6.07, 6.45) is 5.19. The average Bonchev–Trinajstić information content (AvgIpc) is 2.38. The number of hydrogen-bond acceptors (Lipinski definition) is 2. The smallest absolute Gasteiger partial charge is 0.0572 e. The lowest BCUT2D eigenvalue weighted by Gasteiger charge is -2.28. The van der Waals surface area contributed by atoms with Crippen LogP contribution in [0.15, 0.2) is 24.3 Å². The zero-order valence-electron chi connectivity index (χ0n) is 10.3. The second kappa shape index (κ2) is 6.39. The van der Waals surface area contributed by atoms with Gasteiger partial charge in [0.15, 0.2) is 0 Å². The van der Waals surface area contributed by atoms with Crippen LogP contribution in [0.5, 0.6) is 0 Å². The topological polar surface area (TPSA) is 21.3 Å². The van der Waals surface area contributed by atoms with Crippen molar-refractivity contribution in [1.29, 1.82) is 0 Å². The Morgan fingerprint density at radius 3 is 2.59 bits per heavy atom. The predicted molar refractivity (Wildman–Crippen MR) is 71.3 cm³/mol. The third-order valence-electron chi connectivity index (χ3n) is 3.55. The number of benzene rings is 1. The van der Waals surface area contributed by atoms with Crippen molar-refractivity contribution < 1.29 is 4.74 Å². The first-order chi connectivity index (χ1) is 8.29. The average molecular weight is 254 g/mol. The van der Waals surface area contributed by atoms with Gasteiger partial charge in [0.05, 0.1) is 6.10 Å². The molecule has 1 fully saturated rings. The molecule has 0 aliphatic heterocycles. The van der Waals surface area contributed by atoms with Crippen molar-refractivity contribution in [2.24, 2.45) is 0 Å². The van der Waals surface area contributed by atoms with E-state index in [9.17, 15) is 0 Å². The Morgan fingerprint density at radius 1 is 1.24 bits per heavy atom. The highest BCUT2D eigenvalue weighted by Crippen LogP contribution is 2.21. The van der Waals surface area contributed by atoms with Crippen molar-refractivity contribution in [3.05, 3.63) is 34.9 Å².